The Morgan fingerprint density at radius 1 is 1.14 bits per heavy atom. The van der Waals surface area contributed by atoms with Gasteiger partial charge in [-0.3, -0.25) is 9.59 Å². The van der Waals surface area contributed by atoms with Crippen LogP contribution in [0.1, 0.15) is 30.5 Å². The summed E-state index contributed by atoms with van der Waals surface area (Å²) in [7, 11) is 0. The van der Waals surface area contributed by atoms with Crippen molar-refractivity contribution in [2.24, 2.45) is 0 Å². The number of fused-ring (bicyclic) bond motifs is 4. The quantitative estimate of drug-likeness (QED) is 0.480. The van der Waals surface area contributed by atoms with Gasteiger partial charge in [-0.2, -0.15) is 0 Å². The summed E-state index contributed by atoms with van der Waals surface area (Å²) in [6, 6.07) is 13.1. The van der Waals surface area contributed by atoms with E-state index < -0.39 is 11.4 Å². The van der Waals surface area contributed by atoms with Gasteiger partial charge in [0.2, 0.25) is 0 Å². The molecule has 0 spiro atoms. The maximum Gasteiger partial charge on any atom is 0.303 e. The first kappa shape index (κ1) is 18.4. The molecule has 1 aromatic heterocycles. The number of hydrogen-bond acceptors (Lipinski definition) is 5. The van der Waals surface area contributed by atoms with Crippen LogP contribution in [-0.4, -0.2) is 34.1 Å². The third kappa shape index (κ3) is 2.99. The molecule has 7 heteroatoms. The summed E-state index contributed by atoms with van der Waals surface area (Å²) in [6.07, 6.45) is 0.731. The van der Waals surface area contributed by atoms with Crippen molar-refractivity contribution in [3.05, 3.63) is 58.7 Å². The molecule has 0 fully saturated rings. The maximum absolute atomic E-state index is 11.4. The lowest BCUT2D eigenvalue weighted by Gasteiger charge is -2.30. The van der Waals surface area contributed by atoms with Crippen molar-refractivity contribution in [2.75, 3.05) is 6.61 Å². The van der Waals surface area contributed by atoms with Crippen LogP contribution in [0.25, 0.3) is 22.3 Å². The number of carbonyl (C=O) groups is 2. The molecule has 4 rings (SSSR count). The van der Waals surface area contributed by atoms with Crippen molar-refractivity contribution in [3.8, 4) is 11.3 Å². The number of benzene rings is 2. The Morgan fingerprint density at radius 3 is 2.75 bits per heavy atom. The summed E-state index contributed by atoms with van der Waals surface area (Å²) < 4.78 is 4.97. The van der Waals surface area contributed by atoms with Crippen LogP contribution >= 0.6 is 11.6 Å². The lowest BCUT2D eigenvalue weighted by molar-refractivity contribution is -0.137. The van der Waals surface area contributed by atoms with Gasteiger partial charge in [-0.05, 0) is 36.6 Å². The van der Waals surface area contributed by atoms with Gasteiger partial charge in [-0.1, -0.05) is 35.9 Å². The van der Waals surface area contributed by atoms with Crippen LogP contribution in [0.3, 0.4) is 0 Å². The van der Waals surface area contributed by atoms with Gasteiger partial charge >= 0.3 is 5.97 Å². The predicted molar refractivity (Wildman–Crippen MR) is 104 cm³/mol. The zero-order chi connectivity index (χ0) is 19.7. The van der Waals surface area contributed by atoms with Crippen LogP contribution in [0.5, 0.6) is 0 Å². The van der Waals surface area contributed by atoms with E-state index in [1.165, 1.54) is 0 Å². The zero-order valence-electron chi connectivity index (χ0n) is 14.9. The third-order valence-corrected chi connectivity index (χ3v) is 5.49. The minimum atomic E-state index is -0.887. The molecular formula is C21H17ClN2O4. The number of rotatable bonds is 7. The van der Waals surface area contributed by atoms with Crippen molar-refractivity contribution in [2.45, 2.75) is 24.7 Å². The molecule has 3 aromatic rings. The highest BCUT2D eigenvalue weighted by atomic mass is 35.5. The number of hydrogen-bond donors (Lipinski definition) is 1. The van der Waals surface area contributed by atoms with E-state index in [1.54, 1.807) is 18.2 Å². The van der Waals surface area contributed by atoms with Crippen molar-refractivity contribution < 1.29 is 19.4 Å². The summed E-state index contributed by atoms with van der Waals surface area (Å²) in [5.74, 6) is -0.887. The lowest BCUT2D eigenvalue weighted by Crippen LogP contribution is -2.29. The van der Waals surface area contributed by atoms with Crippen molar-refractivity contribution in [1.82, 2.24) is 9.97 Å². The first-order valence-electron chi connectivity index (χ1n) is 8.90. The molecule has 1 N–H and O–H groups in total. The van der Waals surface area contributed by atoms with Crippen LogP contribution in [0.4, 0.5) is 0 Å². The summed E-state index contributed by atoms with van der Waals surface area (Å²) in [5.41, 5.74) is 4.01. The summed E-state index contributed by atoms with van der Waals surface area (Å²) in [4.78, 5) is 31.7. The van der Waals surface area contributed by atoms with E-state index in [-0.39, 0.29) is 13.0 Å². The Bertz CT molecular complexity index is 1090. The van der Waals surface area contributed by atoms with E-state index in [9.17, 15) is 14.7 Å². The lowest BCUT2D eigenvalue weighted by atomic mass is 9.74. The highest BCUT2D eigenvalue weighted by Crippen LogP contribution is 2.52. The highest BCUT2D eigenvalue weighted by Gasteiger charge is 2.45. The van der Waals surface area contributed by atoms with Crippen molar-refractivity contribution in [3.63, 3.8) is 0 Å². The molecule has 0 radical (unpaired) electrons. The molecule has 0 bridgehead atoms. The summed E-state index contributed by atoms with van der Waals surface area (Å²) in [6.45, 7) is 0.567. The van der Waals surface area contributed by atoms with E-state index in [0.717, 1.165) is 22.5 Å². The molecule has 2 aromatic carbocycles. The molecule has 1 atom stereocenters. The molecule has 0 amide bonds. The van der Waals surface area contributed by atoms with Crippen LogP contribution in [0, 0.1) is 0 Å². The van der Waals surface area contributed by atoms with Crippen LogP contribution < -0.4 is 0 Å². The number of carboxylic acid groups (broad SMARTS) is 1. The minimum absolute atomic E-state index is 0.0325. The van der Waals surface area contributed by atoms with Gasteiger partial charge in [-0.15, -0.1) is 0 Å². The van der Waals surface area contributed by atoms with Gasteiger partial charge in [0.15, 0.2) is 0 Å². The monoisotopic (exact) mass is 396 g/mol. The van der Waals surface area contributed by atoms with Crippen molar-refractivity contribution in [1.29, 1.82) is 0 Å². The Balaban J connectivity index is 1.95. The Morgan fingerprint density at radius 2 is 1.96 bits per heavy atom. The minimum Gasteiger partial charge on any atom is -0.481 e. The fraction of sp³-hybridized carbons (Fsp3) is 0.238. The molecule has 1 aliphatic rings. The topological polar surface area (TPSA) is 89.4 Å². The molecule has 1 heterocycles. The highest BCUT2D eigenvalue weighted by molar-refractivity contribution is 6.31. The van der Waals surface area contributed by atoms with Gasteiger partial charge in [0.05, 0.1) is 29.0 Å². The molecule has 1 aliphatic carbocycles. The molecule has 28 heavy (non-hydrogen) atoms. The first-order chi connectivity index (χ1) is 13.5. The van der Waals surface area contributed by atoms with Crippen LogP contribution in [-0.2, 0) is 19.7 Å². The average Bonchev–Trinajstić information content (AvgIpc) is 2.95. The fourth-order valence-electron chi connectivity index (χ4n) is 4.02. The first-order valence-corrected chi connectivity index (χ1v) is 9.28. The summed E-state index contributed by atoms with van der Waals surface area (Å²) in [5, 5.41) is 9.89. The summed E-state index contributed by atoms with van der Waals surface area (Å²) >= 11 is 6.11. The smallest absolute Gasteiger partial charge is 0.303 e. The molecule has 1 unspecified atom stereocenters. The van der Waals surface area contributed by atoms with Crippen LogP contribution in [0.2, 0.25) is 5.02 Å². The maximum atomic E-state index is 11.4. The number of ether oxygens (including phenoxy) is 1. The van der Waals surface area contributed by atoms with Gasteiger partial charge in [0, 0.05) is 22.4 Å². The fourth-order valence-corrected chi connectivity index (χ4v) is 4.18. The molecular weight excluding hydrogens is 380 g/mol. The number of halogens is 1. The van der Waals surface area contributed by atoms with E-state index in [0.29, 0.717) is 35.4 Å². The number of nitrogens with zero attached hydrogens (tertiary/aromatic N) is 2. The normalized spacial score (nSPS) is 17.2. The Labute approximate surface area is 166 Å². The van der Waals surface area contributed by atoms with Gasteiger partial charge in [0.25, 0.3) is 6.47 Å². The van der Waals surface area contributed by atoms with Crippen LogP contribution in [0.15, 0.2) is 42.5 Å². The number of aromatic nitrogens is 2. The molecule has 6 nitrogen and oxygen atoms in total. The second kappa shape index (κ2) is 7.20. The largest absolute Gasteiger partial charge is 0.481 e. The second-order valence-electron chi connectivity index (χ2n) is 6.79. The number of carbonyl (C=O) groups excluding carboxylic acids is 1. The van der Waals surface area contributed by atoms with E-state index >= 15 is 0 Å². The number of aliphatic carboxylic acids is 1. The van der Waals surface area contributed by atoms with Gasteiger partial charge in [-0.25, -0.2) is 9.97 Å². The zero-order valence-corrected chi connectivity index (χ0v) is 15.6. The predicted octanol–water partition coefficient (Wildman–Crippen LogP) is 3.98. The third-order valence-electron chi connectivity index (χ3n) is 5.26. The standard InChI is InChI=1S/C21H17ClN2O4/c22-13-5-6-16-17(11-13)23-19-14-3-1-2-4-15(14)21(20(19)24-16,8-7-18(26)27)9-10-28-12-25/h1-6,11-12H,7-10H2,(H,26,27). The second-order valence-corrected chi connectivity index (χ2v) is 7.23. The van der Waals surface area contributed by atoms with E-state index in [2.05, 4.69) is 0 Å². The molecule has 142 valence electrons. The van der Waals surface area contributed by atoms with E-state index in [1.807, 2.05) is 24.3 Å². The van der Waals surface area contributed by atoms with Gasteiger partial charge < -0.3 is 9.84 Å². The van der Waals surface area contributed by atoms with E-state index in [4.69, 9.17) is 26.3 Å². The van der Waals surface area contributed by atoms with Gasteiger partial charge in [0.1, 0.15) is 0 Å². The van der Waals surface area contributed by atoms with Crippen molar-refractivity contribution >= 4 is 35.1 Å². The average molecular weight is 397 g/mol. The molecule has 0 saturated heterocycles. The molecule has 0 aliphatic heterocycles. The number of carboxylic acids is 1. The SMILES string of the molecule is O=COCCC1(CCC(=O)O)c2ccccc2-c2nc3cc(Cl)ccc3nc21. The molecule has 0 saturated carbocycles. The Hall–Kier alpha value is -2.99. The Kier molecular flexibility index (Phi) is 4.73.